The Bertz CT molecular complexity index is 625. The predicted molar refractivity (Wildman–Crippen MR) is 76.6 cm³/mol. The fourth-order valence-electron chi connectivity index (χ4n) is 1.51. The van der Waals surface area contributed by atoms with Crippen LogP contribution in [-0.2, 0) is 0 Å². The second-order valence-electron chi connectivity index (χ2n) is 4.44. The molecule has 1 aromatic carbocycles. The Morgan fingerprint density at radius 1 is 1.40 bits per heavy atom. The number of amides is 1. The van der Waals surface area contributed by atoms with Gasteiger partial charge in [0, 0.05) is 12.0 Å². The van der Waals surface area contributed by atoms with Gasteiger partial charge in [0.05, 0.1) is 12.7 Å². The molecule has 0 unspecified atom stereocenters. The Morgan fingerprint density at radius 3 is 2.70 bits per heavy atom. The molecule has 0 aliphatic carbocycles. The van der Waals surface area contributed by atoms with E-state index in [4.69, 9.17) is 4.74 Å². The van der Waals surface area contributed by atoms with Crippen LogP contribution >= 0.6 is 11.3 Å². The number of phenols is 1. The molecule has 0 spiro atoms. The fraction of sp³-hybridized carbons (Fsp3) is 0.308. The number of carbonyl (C=O) groups excluding carboxylic acids is 1. The Morgan fingerprint density at radius 2 is 2.15 bits per heavy atom. The minimum Gasteiger partial charge on any atom is -0.507 e. The molecule has 0 fully saturated rings. The van der Waals surface area contributed by atoms with Crippen molar-refractivity contribution in [3.63, 3.8) is 0 Å². The molecule has 0 aliphatic rings. The summed E-state index contributed by atoms with van der Waals surface area (Å²) in [7, 11) is 1.49. The van der Waals surface area contributed by atoms with Gasteiger partial charge in [-0.2, -0.15) is 0 Å². The van der Waals surface area contributed by atoms with Crippen LogP contribution in [0.25, 0.3) is 0 Å². The van der Waals surface area contributed by atoms with Gasteiger partial charge in [-0.1, -0.05) is 25.2 Å². The topological polar surface area (TPSA) is 84.3 Å². The average Bonchev–Trinajstić information content (AvgIpc) is 2.87. The first kappa shape index (κ1) is 14.3. The number of methoxy groups -OCH3 is 1. The molecule has 20 heavy (non-hydrogen) atoms. The summed E-state index contributed by atoms with van der Waals surface area (Å²) in [5, 5.41) is 21.5. The van der Waals surface area contributed by atoms with E-state index in [9.17, 15) is 9.90 Å². The lowest BCUT2D eigenvalue weighted by Crippen LogP contribution is -2.11. The molecule has 1 amide bonds. The largest absolute Gasteiger partial charge is 0.507 e. The summed E-state index contributed by atoms with van der Waals surface area (Å²) in [5.41, 5.74) is 0.159. The number of phenolic OH excluding ortho intramolecular Hbond substituents is 1. The van der Waals surface area contributed by atoms with E-state index in [1.54, 1.807) is 6.07 Å². The molecule has 0 bridgehead atoms. The third-order valence-electron chi connectivity index (χ3n) is 2.60. The summed E-state index contributed by atoms with van der Waals surface area (Å²) in [6.45, 7) is 4.00. The van der Waals surface area contributed by atoms with Crippen molar-refractivity contribution >= 4 is 22.4 Å². The molecule has 1 heterocycles. The molecule has 2 aromatic rings. The van der Waals surface area contributed by atoms with Crippen LogP contribution in [0.15, 0.2) is 18.2 Å². The van der Waals surface area contributed by atoms with Crippen molar-refractivity contribution in [2.45, 2.75) is 19.8 Å². The van der Waals surface area contributed by atoms with Crippen molar-refractivity contribution in [1.82, 2.24) is 10.2 Å². The number of rotatable bonds is 4. The minimum atomic E-state index is -0.434. The van der Waals surface area contributed by atoms with Gasteiger partial charge in [0.2, 0.25) is 5.13 Å². The Kier molecular flexibility index (Phi) is 4.19. The molecule has 2 N–H and O–H groups in total. The Labute approximate surface area is 120 Å². The van der Waals surface area contributed by atoms with E-state index in [-0.39, 0.29) is 17.2 Å². The molecule has 1 aromatic heterocycles. The molecule has 6 nitrogen and oxygen atoms in total. The molecule has 0 atom stereocenters. The van der Waals surface area contributed by atoms with E-state index in [2.05, 4.69) is 15.5 Å². The zero-order valence-electron chi connectivity index (χ0n) is 11.4. The number of aromatic hydroxyl groups is 1. The van der Waals surface area contributed by atoms with E-state index in [1.165, 1.54) is 30.6 Å². The molecule has 0 saturated heterocycles. The van der Waals surface area contributed by atoms with Gasteiger partial charge in [-0.25, -0.2) is 0 Å². The number of ether oxygens (including phenoxy) is 1. The maximum atomic E-state index is 12.0. The molecule has 7 heteroatoms. The van der Waals surface area contributed by atoms with Gasteiger partial charge in [0.1, 0.15) is 16.5 Å². The molecule has 106 valence electrons. The second kappa shape index (κ2) is 5.87. The lowest BCUT2D eigenvalue weighted by Gasteiger charge is -2.06. The smallest absolute Gasteiger partial charge is 0.261 e. The Balaban J connectivity index is 2.15. The van der Waals surface area contributed by atoms with E-state index in [0.29, 0.717) is 10.9 Å². The number of nitrogens with one attached hydrogen (secondary N) is 1. The normalized spacial score (nSPS) is 10.6. The molecule has 0 aliphatic heterocycles. The number of nitrogens with zero attached hydrogens (tertiary/aromatic N) is 2. The number of anilines is 1. The monoisotopic (exact) mass is 293 g/mol. The first-order valence-corrected chi connectivity index (χ1v) is 6.84. The van der Waals surface area contributed by atoms with Crippen molar-refractivity contribution in [3.8, 4) is 11.5 Å². The SMILES string of the molecule is COc1ccc(C(=O)Nc2nnc(C(C)C)s2)c(O)c1. The molecule has 0 radical (unpaired) electrons. The quantitative estimate of drug-likeness (QED) is 0.905. The number of hydrogen-bond acceptors (Lipinski definition) is 6. The summed E-state index contributed by atoms with van der Waals surface area (Å²) in [6.07, 6.45) is 0. The third-order valence-corrected chi connectivity index (χ3v) is 3.74. The minimum absolute atomic E-state index is 0.143. The maximum Gasteiger partial charge on any atom is 0.261 e. The number of hydrogen-bond donors (Lipinski definition) is 2. The van der Waals surface area contributed by atoms with Crippen molar-refractivity contribution < 1.29 is 14.6 Å². The van der Waals surface area contributed by atoms with Crippen LogP contribution in [0.2, 0.25) is 0 Å². The van der Waals surface area contributed by atoms with E-state index >= 15 is 0 Å². The van der Waals surface area contributed by atoms with Crippen molar-refractivity contribution in [2.75, 3.05) is 12.4 Å². The zero-order valence-corrected chi connectivity index (χ0v) is 12.2. The summed E-state index contributed by atoms with van der Waals surface area (Å²) in [4.78, 5) is 12.0. The predicted octanol–water partition coefficient (Wildman–Crippen LogP) is 2.63. The van der Waals surface area contributed by atoms with E-state index in [1.807, 2.05) is 13.8 Å². The summed E-state index contributed by atoms with van der Waals surface area (Å²) in [6, 6.07) is 4.48. The highest BCUT2D eigenvalue weighted by Gasteiger charge is 2.15. The highest BCUT2D eigenvalue weighted by atomic mass is 32.1. The van der Waals surface area contributed by atoms with Crippen LogP contribution in [-0.4, -0.2) is 28.3 Å². The third kappa shape index (κ3) is 3.05. The molecular formula is C13H15N3O3S. The molecular weight excluding hydrogens is 278 g/mol. The van der Waals surface area contributed by atoms with E-state index < -0.39 is 5.91 Å². The maximum absolute atomic E-state index is 12.0. The van der Waals surface area contributed by atoms with Crippen LogP contribution in [0.1, 0.15) is 35.1 Å². The highest BCUT2D eigenvalue weighted by molar-refractivity contribution is 7.15. The van der Waals surface area contributed by atoms with Crippen LogP contribution in [0, 0.1) is 0 Å². The summed E-state index contributed by atoms with van der Waals surface area (Å²) >= 11 is 1.32. The fourth-order valence-corrected chi connectivity index (χ4v) is 2.25. The van der Waals surface area contributed by atoms with Crippen molar-refractivity contribution in [1.29, 1.82) is 0 Å². The number of aromatic nitrogens is 2. The van der Waals surface area contributed by atoms with Crippen LogP contribution in [0.3, 0.4) is 0 Å². The van der Waals surface area contributed by atoms with E-state index in [0.717, 1.165) is 5.01 Å². The van der Waals surface area contributed by atoms with Gasteiger partial charge in [-0.15, -0.1) is 10.2 Å². The lowest BCUT2D eigenvalue weighted by atomic mass is 10.2. The zero-order chi connectivity index (χ0) is 14.7. The lowest BCUT2D eigenvalue weighted by molar-refractivity contribution is 0.102. The molecule has 2 rings (SSSR count). The summed E-state index contributed by atoms with van der Waals surface area (Å²) < 4.78 is 4.97. The molecule has 0 saturated carbocycles. The van der Waals surface area contributed by atoms with Gasteiger partial charge in [-0.3, -0.25) is 10.1 Å². The highest BCUT2D eigenvalue weighted by Crippen LogP contribution is 2.26. The number of carbonyl (C=O) groups is 1. The standard InChI is InChI=1S/C13H15N3O3S/c1-7(2)12-15-16-13(20-12)14-11(18)9-5-4-8(19-3)6-10(9)17/h4-7,17H,1-3H3,(H,14,16,18). The van der Waals surface area contributed by atoms with Gasteiger partial charge in [0.25, 0.3) is 5.91 Å². The average molecular weight is 293 g/mol. The summed E-state index contributed by atoms with van der Waals surface area (Å²) in [5.74, 6) is 0.164. The second-order valence-corrected chi connectivity index (χ2v) is 5.45. The first-order chi connectivity index (χ1) is 9.51. The van der Waals surface area contributed by atoms with Crippen molar-refractivity contribution in [2.24, 2.45) is 0 Å². The Hall–Kier alpha value is -2.15. The van der Waals surface area contributed by atoms with Crippen LogP contribution < -0.4 is 10.1 Å². The van der Waals surface area contributed by atoms with Gasteiger partial charge < -0.3 is 9.84 Å². The first-order valence-electron chi connectivity index (χ1n) is 6.03. The number of benzene rings is 1. The van der Waals surface area contributed by atoms with Gasteiger partial charge in [-0.05, 0) is 12.1 Å². The van der Waals surface area contributed by atoms with Gasteiger partial charge in [0.15, 0.2) is 0 Å². The van der Waals surface area contributed by atoms with Gasteiger partial charge >= 0.3 is 0 Å². The van der Waals surface area contributed by atoms with Crippen molar-refractivity contribution in [3.05, 3.63) is 28.8 Å². The van der Waals surface area contributed by atoms with Crippen LogP contribution in [0.5, 0.6) is 11.5 Å². The van der Waals surface area contributed by atoms with Crippen LogP contribution in [0.4, 0.5) is 5.13 Å².